The maximum absolute atomic E-state index is 12.0. The predicted molar refractivity (Wildman–Crippen MR) is 141 cm³/mol. The number of rotatable bonds is 14. The number of hydrogen-bond acceptors (Lipinski definition) is 7. The van der Waals surface area contributed by atoms with Crippen molar-refractivity contribution in [1.82, 2.24) is 0 Å². The maximum atomic E-state index is 12.0. The van der Waals surface area contributed by atoms with Crippen molar-refractivity contribution in [3.63, 3.8) is 0 Å². The third-order valence-electron chi connectivity index (χ3n) is 5.60. The van der Waals surface area contributed by atoms with Crippen molar-refractivity contribution in [1.29, 1.82) is 0 Å². The van der Waals surface area contributed by atoms with Crippen molar-refractivity contribution in [2.45, 2.75) is 52.4 Å². The van der Waals surface area contributed by atoms with Crippen LogP contribution in [0.1, 0.15) is 115 Å². The van der Waals surface area contributed by atoms with Gasteiger partial charge >= 0.3 is 35.8 Å². The van der Waals surface area contributed by atoms with E-state index in [1.54, 1.807) is 0 Å². The SMILES string of the molecule is CC(C)CCCCCCCOC(=O)c1ccc(C(=O)O)cc1C(=O)O.O=C(O)c1ccc(C(=O)O)c(C(=O)O)c1. The molecule has 0 saturated carbocycles. The van der Waals surface area contributed by atoms with E-state index in [-0.39, 0.29) is 28.9 Å². The van der Waals surface area contributed by atoms with Crippen molar-refractivity contribution < 1.29 is 59.0 Å². The van der Waals surface area contributed by atoms with Gasteiger partial charge in [-0.25, -0.2) is 28.8 Å². The molecule has 2 aromatic carbocycles. The number of carbonyl (C=O) groups excluding carboxylic acids is 1. The first-order chi connectivity index (χ1) is 18.8. The lowest BCUT2D eigenvalue weighted by atomic mass is 10.0. The fourth-order valence-corrected chi connectivity index (χ4v) is 3.50. The Bertz CT molecular complexity index is 1250. The molecule has 40 heavy (non-hydrogen) atoms. The lowest BCUT2D eigenvalue weighted by Gasteiger charge is -2.08. The molecule has 0 atom stereocenters. The molecule has 12 heteroatoms. The summed E-state index contributed by atoms with van der Waals surface area (Å²) in [4.78, 5) is 65.9. The van der Waals surface area contributed by atoms with Gasteiger partial charge in [0.15, 0.2) is 0 Å². The van der Waals surface area contributed by atoms with Crippen LogP contribution in [0.3, 0.4) is 0 Å². The van der Waals surface area contributed by atoms with E-state index in [9.17, 15) is 28.8 Å². The third-order valence-corrected chi connectivity index (χ3v) is 5.60. The minimum absolute atomic E-state index is 0.130. The fraction of sp³-hybridized carbons (Fsp3) is 0.357. The smallest absolute Gasteiger partial charge is 0.339 e. The van der Waals surface area contributed by atoms with Gasteiger partial charge < -0.3 is 30.3 Å². The van der Waals surface area contributed by atoms with Crippen LogP contribution < -0.4 is 0 Å². The first-order valence-electron chi connectivity index (χ1n) is 12.4. The Morgan fingerprint density at radius 2 is 1.00 bits per heavy atom. The molecule has 0 bridgehead atoms. The van der Waals surface area contributed by atoms with Gasteiger partial charge in [-0.3, -0.25) is 0 Å². The first kappa shape index (κ1) is 33.3. The molecule has 0 spiro atoms. The van der Waals surface area contributed by atoms with E-state index in [4.69, 9.17) is 30.3 Å². The zero-order valence-corrected chi connectivity index (χ0v) is 22.1. The highest BCUT2D eigenvalue weighted by molar-refractivity contribution is 6.05. The van der Waals surface area contributed by atoms with E-state index in [0.717, 1.165) is 55.9 Å². The Morgan fingerprint density at radius 3 is 1.45 bits per heavy atom. The summed E-state index contributed by atoms with van der Waals surface area (Å²) in [5, 5.41) is 43.9. The molecule has 0 aromatic heterocycles. The molecule has 0 aliphatic rings. The standard InChI is InChI=1S/C19H26O6.C9H6O6/c1-13(2)8-6-4-3-5-7-11-25-19(24)15-10-9-14(17(20)21)12-16(15)18(22)23;10-7(11)4-1-2-5(8(12)13)6(3-4)9(14)15/h9-10,12-13H,3-8,11H2,1-2H3,(H,20,21)(H,22,23);1-3H,(H,10,11)(H,12,13)(H,14,15). The van der Waals surface area contributed by atoms with Crippen molar-refractivity contribution >= 4 is 35.8 Å². The summed E-state index contributed by atoms with van der Waals surface area (Å²) in [6, 6.07) is 6.15. The number of aromatic carboxylic acids is 5. The molecule has 2 rings (SSSR count). The number of carboxylic acid groups (broad SMARTS) is 5. The molecule has 0 unspecified atom stereocenters. The van der Waals surface area contributed by atoms with Crippen LogP contribution in [0.25, 0.3) is 0 Å². The summed E-state index contributed by atoms with van der Waals surface area (Å²) < 4.78 is 5.11. The summed E-state index contributed by atoms with van der Waals surface area (Å²) in [6.45, 7) is 4.63. The monoisotopic (exact) mass is 560 g/mol. The van der Waals surface area contributed by atoms with E-state index < -0.39 is 46.9 Å². The Kier molecular flexibility index (Phi) is 13.5. The average molecular weight is 561 g/mol. The second kappa shape index (κ2) is 16.3. The van der Waals surface area contributed by atoms with Crippen LogP contribution >= 0.6 is 0 Å². The minimum Gasteiger partial charge on any atom is -0.478 e. The van der Waals surface area contributed by atoms with E-state index in [0.29, 0.717) is 0 Å². The number of hydrogen-bond donors (Lipinski definition) is 5. The average Bonchev–Trinajstić information content (AvgIpc) is 2.89. The van der Waals surface area contributed by atoms with Crippen LogP contribution in [0.4, 0.5) is 0 Å². The van der Waals surface area contributed by atoms with E-state index >= 15 is 0 Å². The predicted octanol–water partition coefficient (Wildman–Crippen LogP) is 5.02. The highest BCUT2D eigenvalue weighted by atomic mass is 16.5. The van der Waals surface area contributed by atoms with Gasteiger partial charge in [-0.05, 0) is 48.7 Å². The van der Waals surface area contributed by atoms with E-state index in [1.165, 1.54) is 25.0 Å². The minimum atomic E-state index is -1.48. The second-order valence-electron chi connectivity index (χ2n) is 9.13. The van der Waals surface area contributed by atoms with Crippen LogP contribution in [-0.2, 0) is 4.74 Å². The molecule has 0 aliphatic carbocycles. The largest absolute Gasteiger partial charge is 0.478 e. The van der Waals surface area contributed by atoms with Gasteiger partial charge in [0.25, 0.3) is 0 Å². The van der Waals surface area contributed by atoms with Gasteiger partial charge in [-0.1, -0.05) is 46.0 Å². The third kappa shape index (κ3) is 10.9. The van der Waals surface area contributed by atoms with Gasteiger partial charge in [-0.15, -0.1) is 0 Å². The highest BCUT2D eigenvalue weighted by Crippen LogP contribution is 2.16. The molecular formula is C28H32O12. The maximum Gasteiger partial charge on any atom is 0.339 e. The van der Waals surface area contributed by atoms with Gasteiger partial charge in [0.2, 0.25) is 0 Å². The van der Waals surface area contributed by atoms with E-state index in [1.807, 2.05) is 0 Å². The topological polar surface area (TPSA) is 213 Å². The lowest BCUT2D eigenvalue weighted by Crippen LogP contribution is -2.13. The zero-order valence-electron chi connectivity index (χ0n) is 22.1. The molecule has 0 aliphatic heterocycles. The van der Waals surface area contributed by atoms with Crippen LogP contribution in [0.5, 0.6) is 0 Å². The van der Waals surface area contributed by atoms with Crippen molar-refractivity contribution in [2.24, 2.45) is 5.92 Å². The quantitative estimate of drug-likeness (QED) is 0.152. The Labute approximate surface area is 229 Å². The van der Waals surface area contributed by atoms with Crippen LogP contribution in [-0.4, -0.2) is 68.0 Å². The molecule has 0 fully saturated rings. The highest BCUT2D eigenvalue weighted by Gasteiger charge is 2.20. The Balaban J connectivity index is 0.000000453. The molecule has 12 nitrogen and oxygen atoms in total. The van der Waals surface area contributed by atoms with Gasteiger partial charge in [-0.2, -0.15) is 0 Å². The number of benzene rings is 2. The van der Waals surface area contributed by atoms with Crippen molar-refractivity contribution in [3.05, 3.63) is 69.8 Å². The number of carbonyl (C=O) groups is 6. The van der Waals surface area contributed by atoms with Crippen LogP contribution in [0, 0.1) is 5.92 Å². The van der Waals surface area contributed by atoms with Gasteiger partial charge in [0.1, 0.15) is 0 Å². The van der Waals surface area contributed by atoms with E-state index in [2.05, 4.69) is 13.8 Å². The number of ether oxygens (including phenoxy) is 1. The van der Waals surface area contributed by atoms with Gasteiger partial charge in [0, 0.05) is 0 Å². The summed E-state index contributed by atoms with van der Waals surface area (Å²) in [6.07, 6.45) is 6.34. The number of esters is 1. The number of unbranched alkanes of at least 4 members (excludes halogenated alkanes) is 4. The molecule has 0 heterocycles. The Hall–Kier alpha value is -4.74. The van der Waals surface area contributed by atoms with Crippen molar-refractivity contribution in [2.75, 3.05) is 6.61 Å². The second-order valence-corrected chi connectivity index (χ2v) is 9.13. The Morgan fingerprint density at radius 1 is 0.575 bits per heavy atom. The molecule has 216 valence electrons. The van der Waals surface area contributed by atoms with Crippen LogP contribution in [0.15, 0.2) is 36.4 Å². The molecule has 0 radical (unpaired) electrons. The van der Waals surface area contributed by atoms with Crippen molar-refractivity contribution in [3.8, 4) is 0 Å². The van der Waals surface area contributed by atoms with Crippen LogP contribution in [0.2, 0.25) is 0 Å². The molecule has 5 N–H and O–H groups in total. The molecule has 0 saturated heterocycles. The zero-order chi connectivity index (χ0) is 30.4. The lowest BCUT2D eigenvalue weighted by molar-refractivity contribution is 0.0486. The summed E-state index contributed by atoms with van der Waals surface area (Å²) >= 11 is 0. The van der Waals surface area contributed by atoms with Gasteiger partial charge in [0.05, 0.1) is 40.0 Å². The summed E-state index contributed by atoms with van der Waals surface area (Å²) in [5.74, 6) is -6.83. The first-order valence-corrected chi connectivity index (χ1v) is 12.4. The summed E-state index contributed by atoms with van der Waals surface area (Å²) in [7, 11) is 0. The molecule has 0 amide bonds. The molecule has 2 aromatic rings. The number of carboxylic acids is 5. The molecular weight excluding hydrogens is 528 g/mol. The normalized spacial score (nSPS) is 10.3. The summed E-state index contributed by atoms with van der Waals surface area (Å²) in [5.41, 5.74) is -1.92. The fourth-order valence-electron chi connectivity index (χ4n) is 3.50.